The monoisotopic (exact) mass is 593 g/mol. The summed E-state index contributed by atoms with van der Waals surface area (Å²) in [5.74, 6) is 0. The van der Waals surface area contributed by atoms with Gasteiger partial charge in [0.2, 0.25) is 0 Å². The van der Waals surface area contributed by atoms with E-state index >= 15 is 0 Å². The zero-order valence-corrected chi connectivity index (χ0v) is 28.6. The summed E-state index contributed by atoms with van der Waals surface area (Å²) >= 11 is 0. The zero-order valence-electron chi connectivity index (χ0n) is 28.6. The summed E-state index contributed by atoms with van der Waals surface area (Å²) in [4.78, 5) is 2.48. The topological polar surface area (TPSA) is 40.2 Å². The minimum atomic E-state index is -0.408. The maximum Gasteiger partial charge on any atom is 0.494 e. The minimum Gasteiger partial charge on any atom is -0.399 e. The molecule has 3 heterocycles. The fourth-order valence-electron chi connectivity index (χ4n) is 6.42. The standard InChI is InChI=1S/C37H49B2NO4/c1-32(2,3)26-18-20-31(21-19-26)40-24-37(25-40,27-14-12-16-29(22-27)38-41-33(4,5)34(6,7)42-38)28-15-13-17-30(23-28)39-43-35(8,9)36(10,11)44-39/h12-23H,24-25H2,1-11H3. The first-order valence-corrected chi connectivity index (χ1v) is 16.1. The lowest BCUT2D eigenvalue weighted by Gasteiger charge is -2.52. The molecule has 0 amide bonds. The number of rotatable bonds is 5. The van der Waals surface area contributed by atoms with Crippen molar-refractivity contribution >= 4 is 30.8 Å². The van der Waals surface area contributed by atoms with Crippen LogP contribution in [0, 0.1) is 0 Å². The van der Waals surface area contributed by atoms with Crippen LogP contribution in [0.15, 0.2) is 72.8 Å². The van der Waals surface area contributed by atoms with Crippen LogP contribution in [0.5, 0.6) is 0 Å². The molecule has 0 saturated carbocycles. The highest BCUT2D eigenvalue weighted by atomic mass is 16.7. The van der Waals surface area contributed by atoms with E-state index in [9.17, 15) is 0 Å². The second-order valence-corrected chi connectivity index (χ2v) is 16.2. The Hall–Kier alpha value is -2.57. The average molecular weight is 593 g/mol. The molecule has 0 unspecified atom stereocenters. The Kier molecular flexibility index (Phi) is 7.30. The number of hydrogen-bond acceptors (Lipinski definition) is 5. The lowest BCUT2D eigenvalue weighted by atomic mass is 9.65. The van der Waals surface area contributed by atoms with Gasteiger partial charge in [-0.25, -0.2) is 0 Å². The first kappa shape index (κ1) is 31.4. The number of nitrogens with zero attached hydrogens (tertiary/aromatic N) is 1. The predicted molar refractivity (Wildman–Crippen MR) is 182 cm³/mol. The lowest BCUT2D eigenvalue weighted by Crippen LogP contribution is -2.60. The molecule has 3 aromatic rings. The van der Waals surface area contributed by atoms with E-state index in [1.807, 2.05) is 0 Å². The number of benzene rings is 3. The van der Waals surface area contributed by atoms with E-state index < -0.39 is 36.6 Å². The molecule has 0 atom stereocenters. The SMILES string of the molecule is CC(C)(C)c1ccc(N2CC(c3cccc(B4OC(C)(C)C(C)(C)O4)c3)(c3cccc(B4OC(C)(C)C(C)(C)O4)c3)C2)cc1. The Morgan fingerprint density at radius 3 is 1.32 bits per heavy atom. The van der Waals surface area contributed by atoms with Crippen LogP contribution in [-0.2, 0) is 29.4 Å². The Balaban J connectivity index is 1.37. The molecular formula is C37H49B2NO4. The van der Waals surface area contributed by atoms with Crippen molar-refractivity contribution in [1.82, 2.24) is 0 Å². The van der Waals surface area contributed by atoms with Crippen molar-refractivity contribution < 1.29 is 18.6 Å². The Bertz CT molecular complexity index is 1420. The summed E-state index contributed by atoms with van der Waals surface area (Å²) in [5.41, 5.74) is 5.55. The molecule has 6 rings (SSSR count). The van der Waals surface area contributed by atoms with Crippen LogP contribution in [0.3, 0.4) is 0 Å². The molecule has 3 aromatic carbocycles. The second-order valence-electron chi connectivity index (χ2n) is 16.2. The normalized spacial score (nSPS) is 23.1. The van der Waals surface area contributed by atoms with Crippen LogP contribution in [0.2, 0.25) is 0 Å². The van der Waals surface area contributed by atoms with Gasteiger partial charge in [0.25, 0.3) is 0 Å². The van der Waals surface area contributed by atoms with Crippen molar-refractivity contribution in [2.24, 2.45) is 0 Å². The van der Waals surface area contributed by atoms with Gasteiger partial charge in [-0.1, -0.05) is 81.4 Å². The van der Waals surface area contributed by atoms with Crippen molar-refractivity contribution in [3.05, 3.63) is 89.5 Å². The molecule has 3 fully saturated rings. The van der Waals surface area contributed by atoms with Gasteiger partial charge >= 0.3 is 14.2 Å². The summed E-state index contributed by atoms with van der Waals surface area (Å²) in [6.45, 7) is 25.4. The van der Waals surface area contributed by atoms with E-state index in [0.29, 0.717) is 0 Å². The van der Waals surface area contributed by atoms with Crippen LogP contribution in [0.4, 0.5) is 5.69 Å². The fraction of sp³-hybridized carbons (Fsp3) is 0.514. The molecule has 7 heteroatoms. The van der Waals surface area contributed by atoms with Crippen molar-refractivity contribution in [3.63, 3.8) is 0 Å². The van der Waals surface area contributed by atoms with Crippen LogP contribution in [0.1, 0.15) is 92.9 Å². The third-order valence-electron chi connectivity index (χ3n) is 10.9. The zero-order chi connectivity index (χ0) is 31.9. The summed E-state index contributed by atoms with van der Waals surface area (Å²) in [7, 11) is -0.816. The Morgan fingerprint density at radius 1 is 0.568 bits per heavy atom. The maximum absolute atomic E-state index is 6.46. The van der Waals surface area contributed by atoms with E-state index in [1.54, 1.807) is 0 Å². The average Bonchev–Trinajstić information content (AvgIpc) is 3.28. The quantitative estimate of drug-likeness (QED) is 0.321. The molecule has 3 saturated heterocycles. The van der Waals surface area contributed by atoms with Crippen molar-refractivity contribution in [1.29, 1.82) is 0 Å². The van der Waals surface area contributed by atoms with Crippen molar-refractivity contribution in [2.75, 3.05) is 18.0 Å². The van der Waals surface area contributed by atoms with Crippen LogP contribution in [0.25, 0.3) is 0 Å². The fourth-order valence-corrected chi connectivity index (χ4v) is 6.42. The van der Waals surface area contributed by atoms with Gasteiger partial charge in [-0.3, -0.25) is 0 Å². The van der Waals surface area contributed by atoms with Crippen LogP contribution < -0.4 is 15.8 Å². The highest BCUT2D eigenvalue weighted by Gasteiger charge is 2.54. The Labute approximate surface area is 265 Å². The highest BCUT2D eigenvalue weighted by Crippen LogP contribution is 2.44. The number of hydrogen-bond donors (Lipinski definition) is 0. The van der Waals surface area contributed by atoms with Crippen molar-refractivity contribution in [2.45, 2.75) is 109 Å². The second kappa shape index (κ2) is 10.2. The highest BCUT2D eigenvalue weighted by molar-refractivity contribution is 6.62. The molecule has 3 aliphatic heterocycles. The summed E-state index contributed by atoms with van der Waals surface area (Å²) in [6, 6.07) is 26.7. The van der Waals surface area contributed by atoms with Gasteiger partial charge in [0.1, 0.15) is 0 Å². The van der Waals surface area contributed by atoms with E-state index in [1.165, 1.54) is 22.4 Å². The molecule has 0 aliphatic carbocycles. The van der Waals surface area contributed by atoms with E-state index in [-0.39, 0.29) is 10.8 Å². The summed E-state index contributed by atoms with van der Waals surface area (Å²) in [6.07, 6.45) is 0. The van der Waals surface area contributed by atoms with Gasteiger partial charge in [-0.15, -0.1) is 0 Å². The molecule has 5 nitrogen and oxygen atoms in total. The molecule has 0 bridgehead atoms. The van der Waals surface area contributed by atoms with Gasteiger partial charge in [-0.05, 0) is 101 Å². The molecular weight excluding hydrogens is 544 g/mol. The van der Waals surface area contributed by atoms with E-state index in [4.69, 9.17) is 18.6 Å². The van der Waals surface area contributed by atoms with Gasteiger partial charge in [0.15, 0.2) is 0 Å². The third kappa shape index (κ3) is 5.24. The molecule has 232 valence electrons. The first-order valence-electron chi connectivity index (χ1n) is 16.1. The van der Waals surface area contributed by atoms with Gasteiger partial charge < -0.3 is 23.5 Å². The van der Waals surface area contributed by atoms with Crippen LogP contribution in [-0.4, -0.2) is 49.7 Å². The van der Waals surface area contributed by atoms with Gasteiger partial charge in [0, 0.05) is 18.8 Å². The molecule has 0 aromatic heterocycles. The largest absolute Gasteiger partial charge is 0.494 e. The smallest absolute Gasteiger partial charge is 0.399 e. The molecule has 3 aliphatic rings. The predicted octanol–water partition coefficient (Wildman–Crippen LogP) is 6.39. The van der Waals surface area contributed by atoms with E-state index in [2.05, 4.69) is 154 Å². The van der Waals surface area contributed by atoms with Crippen LogP contribution >= 0.6 is 0 Å². The molecule has 0 N–H and O–H groups in total. The molecule has 0 radical (unpaired) electrons. The summed E-state index contributed by atoms with van der Waals surface area (Å²) < 4.78 is 25.9. The molecule has 44 heavy (non-hydrogen) atoms. The third-order valence-corrected chi connectivity index (χ3v) is 10.9. The van der Waals surface area contributed by atoms with E-state index in [0.717, 1.165) is 24.0 Å². The lowest BCUT2D eigenvalue weighted by molar-refractivity contribution is 0.00578. The first-order chi connectivity index (χ1) is 20.3. The maximum atomic E-state index is 6.46. The summed E-state index contributed by atoms with van der Waals surface area (Å²) in [5, 5.41) is 0. The van der Waals surface area contributed by atoms with Gasteiger partial charge in [-0.2, -0.15) is 0 Å². The van der Waals surface area contributed by atoms with Crippen molar-refractivity contribution in [3.8, 4) is 0 Å². The van der Waals surface area contributed by atoms with Gasteiger partial charge in [0.05, 0.1) is 27.8 Å². The Morgan fingerprint density at radius 2 is 0.955 bits per heavy atom. The minimum absolute atomic E-state index is 0.124. The molecule has 0 spiro atoms. The number of anilines is 1.